The van der Waals surface area contributed by atoms with Crippen LogP contribution in [0.15, 0.2) is 145 Å². The largest absolute Gasteiger partial charge is 0.459 e. The third kappa shape index (κ3) is 11.7. The topological polar surface area (TPSA) is 225 Å². The van der Waals surface area contributed by atoms with Crippen molar-refractivity contribution in [3.63, 3.8) is 0 Å². The zero-order valence-electron chi connectivity index (χ0n) is 41.3. The third-order valence-corrected chi connectivity index (χ3v) is 14.1. The molecule has 1 aliphatic heterocycles. The molecule has 5 aromatic rings. The number of allylic oxidation sites excluding steroid dienone is 1. The number of benzene rings is 5. The Kier molecular flexibility index (Phi) is 17.3. The monoisotopic (exact) mass is 1010 g/mol. The normalized spacial score (nSPS) is 21.2. The van der Waals surface area contributed by atoms with E-state index in [1.165, 1.54) is 30.3 Å². The lowest BCUT2D eigenvalue weighted by Crippen LogP contribution is -2.70. The van der Waals surface area contributed by atoms with Crippen LogP contribution in [-0.2, 0) is 27.5 Å². The second kappa shape index (κ2) is 24.3. The molecule has 6 atom stereocenters. The lowest BCUT2D eigenvalue weighted by Gasteiger charge is -2.60. The number of oxime groups is 1. The summed E-state index contributed by atoms with van der Waals surface area (Å²) in [5, 5.41) is 52.6. The maximum absolute atomic E-state index is 15.5. The summed E-state index contributed by atoms with van der Waals surface area (Å²) in [5.41, 5.74) is 3.90. The van der Waals surface area contributed by atoms with Crippen molar-refractivity contribution in [2.75, 3.05) is 26.4 Å². The Bertz CT molecular complexity index is 2920. The summed E-state index contributed by atoms with van der Waals surface area (Å²) < 4.78 is 20.4. The van der Waals surface area contributed by atoms with E-state index in [2.05, 4.69) is 18.0 Å². The number of hydrogen-bond acceptors (Lipinski definition) is 13. The first-order valence-corrected chi connectivity index (χ1v) is 25.1. The molecule has 0 spiro atoms. The second-order valence-electron chi connectivity index (χ2n) is 18.7. The number of unbranched alkanes of at least 4 members (excludes halogenated alkanes) is 2. The van der Waals surface area contributed by atoms with Gasteiger partial charge in [-0.25, -0.2) is 4.79 Å². The van der Waals surface area contributed by atoms with Crippen molar-refractivity contribution < 1.29 is 48.7 Å². The fourth-order valence-corrected chi connectivity index (χ4v) is 10.8. The Balaban J connectivity index is 1.36. The van der Waals surface area contributed by atoms with Gasteiger partial charge in [-0.05, 0) is 126 Å². The van der Waals surface area contributed by atoms with E-state index in [9.17, 15) is 35.2 Å². The number of carbonyl (C=O) groups is 2. The molecule has 2 amide bonds. The number of non-ortho nitro benzene ring substituents is 2. The van der Waals surface area contributed by atoms with Gasteiger partial charge in [0.25, 0.3) is 11.4 Å². The lowest BCUT2D eigenvalue weighted by atomic mass is 9.55. The Hall–Kier alpha value is -7.73. The first kappa shape index (κ1) is 52.6. The molecule has 74 heavy (non-hydrogen) atoms. The molecule has 5 aromatic carbocycles. The Morgan fingerprint density at radius 3 is 2.31 bits per heavy atom. The minimum absolute atomic E-state index is 0.00267. The molecule has 0 radical (unpaired) electrons. The van der Waals surface area contributed by atoms with Crippen LogP contribution in [0.5, 0.6) is 11.5 Å². The molecule has 3 aliphatic rings. The minimum atomic E-state index is -1.65. The van der Waals surface area contributed by atoms with Gasteiger partial charge in [0, 0.05) is 74.5 Å². The molecule has 0 unspecified atom stereocenters. The fourth-order valence-electron chi connectivity index (χ4n) is 10.8. The summed E-state index contributed by atoms with van der Waals surface area (Å²) >= 11 is 0. The van der Waals surface area contributed by atoms with Crippen LogP contribution < -0.4 is 14.8 Å². The summed E-state index contributed by atoms with van der Waals surface area (Å²) in [7, 11) is 0. The first-order chi connectivity index (χ1) is 36.0. The summed E-state index contributed by atoms with van der Waals surface area (Å²) in [6.07, 6.45) is 10.2. The second-order valence-corrected chi connectivity index (χ2v) is 18.7. The van der Waals surface area contributed by atoms with Gasteiger partial charge < -0.3 is 39.5 Å². The highest BCUT2D eigenvalue weighted by Gasteiger charge is 2.65. The van der Waals surface area contributed by atoms with Gasteiger partial charge >= 0.3 is 6.09 Å². The molecule has 0 saturated heterocycles. The molecule has 17 heteroatoms. The zero-order valence-corrected chi connectivity index (χ0v) is 41.3. The SMILES string of the molecule is C=CCO[C@@]12Oc3ccc(OC(=O)NCC)cc3[C@H]3[C@H](CCCCO)[C@@H](CCCCO)C=C(C(=NOCc4ccc([N+](=O)[O-])cc4)C[C@@H]1N(Cc1cccc4ccccc14)C(=O)C=Cc1ccc([N+](=O)[O-])cc1)[C@H]32. The number of nitrogens with one attached hydrogen (secondary N) is 1. The summed E-state index contributed by atoms with van der Waals surface area (Å²) in [4.78, 5) is 58.5. The van der Waals surface area contributed by atoms with Crippen LogP contribution in [-0.4, -0.2) is 80.9 Å². The summed E-state index contributed by atoms with van der Waals surface area (Å²) in [6.45, 7) is 6.25. The summed E-state index contributed by atoms with van der Waals surface area (Å²) in [6, 6.07) is 30.0. The van der Waals surface area contributed by atoms with Gasteiger partial charge in [-0.15, -0.1) is 6.58 Å². The van der Waals surface area contributed by atoms with Crippen molar-refractivity contribution in [1.29, 1.82) is 0 Å². The number of aliphatic hydroxyl groups is 2. The van der Waals surface area contributed by atoms with Crippen LogP contribution in [0.3, 0.4) is 0 Å². The van der Waals surface area contributed by atoms with E-state index in [1.54, 1.807) is 60.4 Å². The highest BCUT2D eigenvalue weighted by molar-refractivity contribution is 6.03. The average Bonchev–Trinajstić information content (AvgIpc) is 3.43. The molecule has 2 aliphatic carbocycles. The van der Waals surface area contributed by atoms with Gasteiger partial charge in [-0.2, -0.15) is 0 Å². The van der Waals surface area contributed by atoms with Crippen molar-refractivity contribution in [2.24, 2.45) is 22.9 Å². The molecule has 1 saturated carbocycles. The summed E-state index contributed by atoms with van der Waals surface area (Å²) in [5.74, 6) is -2.69. The molecule has 0 bridgehead atoms. The van der Waals surface area contributed by atoms with Crippen molar-refractivity contribution in [3.8, 4) is 11.5 Å². The number of fused-ring (bicyclic) bond motifs is 3. The fraction of sp³-hybridized carbons (Fsp3) is 0.351. The molecular weight excluding hydrogens is 947 g/mol. The minimum Gasteiger partial charge on any atom is -0.459 e. The highest BCUT2D eigenvalue weighted by Crippen LogP contribution is 2.62. The molecule has 1 fully saturated rings. The van der Waals surface area contributed by atoms with Gasteiger partial charge in [-0.1, -0.05) is 72.6 Å². The van der Waals surface area contributed by atoms with Gasteiger partial charge in [0.15, 0.2) is 0 Å². The van der Waals surface area contributed by atoms with Crippen LogP contribution in [0, 0.1) is 38.0 Å². The predicted octanol–water partition coefficient (Wildman–Crippen LogP) is 10.3. The van der Waals surface area contributed by atoms with Crippen LogP contribution in [0.2, 0.25) is 0 Å². The number of carbonyl (C=O) groups excluding carboxylic acids is 2. The number of aliphatic hydroxyl groups excluding tert-OH is 2. The number of amides is 2. The molecular formula is C57H61N5O12. The zero-order chi connectivity index (χ0) is 52.2. The van der Waals surface area contributed by atoms with Crippen LogP contribution in [0.4, 0.5) is 16.2 Å². The quantitative estimate of drug-likeness (QED) is 0.0183. The van der Waals surface area contributed by atoms with E-state index in [0.29, 0.717) is 67.7 Å². The third-order valence-electron chi connectivity index (χ3n) is 14.1. The molecule has 17 nitrogen and oxygen atoms in total. The number of nitro groups is 2. The standard InChI is InChI=1S/C57H61N5O12/c1-3-32-71-57-52(60(36-42-15-11-14-40-12-5-6-16-46(40)42)53(65)29-22-38-18-23-43(24-19-38)61(67)68)35-50(59-72-37-39-20-25-44(26-21-39)62(69)70)48-33-41(13-7-9-30-63)47(17-8-10-31-64)54(55(48)57)49-34-45(27-28-51(49)74-57)73-56(66)58-4-2/h3,5-6,11-12,14-16,18-29,33-34,41,47,52,54-55,63-64H,1,4,7-10,13,17,30-32,35-37H2,2H3,(H,58,66)/t41-,47+,52-,54+,55+,57+/m0/s1. The van der Waals surface area contributed by atoms with E-state index in [4.69, 9.17) is 24.2 Å². The number of ether oxygens (including phenoxy) is 3. The lowest BCUT2D eigenvalue weighted by molar-refractivity contribution is -0.385. The maximum Gasteiger partial charge on any atom is 0.412 e. The molecule has 0 aromatic heterocycles. The van der Waals surface area contributed by atoms with Crippen LogP contribution in [0.25, 0.3) is 16.8 Å². The van der Waals surface area contributed by atoms with Crippen molar-refractivity contribution in [2.45, 2.75) is 82.8 Å². The molecule has 386 valence electrons. The number of nitrogens with zero attached hydrogens (tertiary/aromatic N) is 4. The number of nitro benzene ring substituents is 2. The predicted molar refractivity (Wildman–Crippen MR) is 279 cm³/mol. The van der Waals surface area contributed by atoms with Gasteiger partial charge in [0.2, 0.25) is 11.7 Å². The van der Waals surface area contributed by atoms with Crippen molar-refractivity contribution >= 4 is 45.9 Å². The first-order valence-electron chi connectivity index (χ1n) is 25.1. The van der Waals surface area contributed by atoms with E-state index in [-0.39, 0.29) is 68.4 Å². The molecule has 3 N–H and O–H groups in total. The average molecular weight is 1010 g/mol. The number of hydrogen-bond donors (Lipinski definition) is 3. The van der Waals surface area contributed by atoms with Gasteiger partial charge in [0.1, 0.15) is 24.1 Å². The Morgan fingerprint density at radius 1 is 0.905 bits per heavy atom. The Morgan fingerprint density at radius 2 is 1.61 bits per heavy atom. The van der Waals surface area contributed by atoms with Crippen LogP contribution in [0.1, 0.15) is 80.0 Å². The van der Waals surface area contributed by atoms with Crippen LogP contribution >= 0.6 is 0 Å². The number of rotatable bonds is 23. The smallest absolute Gasteiger partial charge is 0.412 e. The van der Waals surface area contributed by atoms with Gasteiger partial charge in [-0.3, -0.25) is 25.0 Å². The van der Waals surface area contributed by atoms with E-state index < -0.39 is 45.5 Å². The van der Waals surface area contributed by atoms with Crippen molar-refractivity contribution in [1.82, 2.24) is 10.2 Å². The van der Waals surface area contributed by atoms with Crippen molar-refractivity contribution in [3.05, 3.63) is 182 Å². The molecule has 8 rings (SSSR count). The maximum atomic E-state index is 15.5. The van der Waals surface area contributed by atoms with E-state index >= 15 is 4.79 Å². The van der Waals surface area contributed by atoms with E-state index in [1.807, 2.05) is 48.5 Å². The highest BCUT2D eigenvalue weighted by atomic mass is 16.7. The Labute approximate surface area is 429 Å². The van der Waals surface area contributed by atoms with E-state index in [0.717, 1.165) is 27.5 Å². The molecule has 1 heterocycles. The van der Waals surface area contributed by atoms with Gasteiger partial charge in [0.05, 0.1) is 28.1 Å².